The van der Waals surface area contributed by atoms with Gasteiger partial charge in [0.05, 0.1) is 7.11 Å². The van der Waals surface area contributed by atoms with Gasteiger partial charge in [-0.3, -0.25) is 0 Å². The summed E-state index contributed by atoms with van der Waals surface area (Å²) in [5.74, 6) is 1.79. The molecule has 0 fully saturated rings. The third-order valence-corrected chi connectivity index (χ3v) is 4.90. The molecule has 0 aliphatic heterocycles. The molecule has 1 aromatic heterocycles. The molecule has 0 aliphatic carbocycles. The molecule has 3 aromatic rings. The van der Waals surface area contributed by atoms with Crippen LogP contribution >= 0.6 is 0 Å². The van der Waals surface area contributed by atoms with Gasteiger partial charge < -0.3 is 9.15 Å². The summed E-state index contributed by atoms with van der Waals surface area (Å²) in [6.07, 6.45) is 3.73. The molecule has 0 saturated carbocycles. The zero-order valence-electron chi connectivity index (χ0n) is 18.4. The number of rotatable bonds is 4. The highest BCUT2D eigenvalue weighted by molar-refractivity contribution is 5.70. The summed E-state index contributed by atoms with van der Waals surface area (Å²) < 4.78 is 11.3. The van der Waals surface area contributed by atoms with E-state index < -0.39 is 0 Å². The van der Waals surface area contributed by atoms with Crippen molar-refractivity contribution in [1.82, 2.24) is 10.2 Å². The summed E-state index contributed by atoms with van der Waals surface area (Å²) in [5, 5.41) is 8.49. The maximum atomic E-state index is 5.95. The van der Waals surface area contributed by atoms with Gasteiger partial charge in [-0.05, 0) is 46.2 Å². The topological polar surface area (TPSA) is 48.2 Å². The van der Waals surface area contributed by atoms with Gasteiger partial charge in [-0.2, -0.15) is 0 Å². The molecule has 29 heavy (non-hydrogen) atoms. The lowest BCUT2D eigenvalue weighted by Crippen LogP contribution is -2.16. The molecule has 0 N–H and O–H groups in total. The van der Waals surface area contributed by atoms with Crippen LogP contribution in [0.5, 0.6) is 5.75 Å². The summed E-state index contributed by atoms with van der Waals surface area (Å²) in [7, 11) is 1.66. The Morgan fingerprint density at radius 1 is 0.828 bits per heavy atom. The van der Waals surface area contributed by atoms with Gasteiger partial charge in [0.15, 0.2) is 0 Å². The summed E-state index contributed by atoms with van der Waals surface area (Å²) in [6.45, 7) is 13.3. The van der Waals surface area contributed by atoms with E-state index in [4.69, 9.17) is 9.15 Å². The molecule has 4 heteroatoms. The van der Waals surface area contributed by atoms with Gasteiger partial charge in [-0.15, -0.1) is 10.2 Å². The molecule has 3 rings (SSSR count). The van der Waals surface area contributed by atoms with Crippen LogP contribution in [0.2, 0.25) is 0 Å². The van der Waals surface area contributed by atoms with E-state index in [-0.39, 0.29) is 10.8 Å². The summed E-state index contributed by atoms with van der Waals surface area (Å²) in [6, 6.07) is 14.4. The number of benzene rings is 2. The van der Waals surface area contributed by atoms with Crippen molar-refractivity contribution >= 4 is 12.2 Å². The fraction of sp³-hybridized carbons (Fsp3) is 0.360. The van der Waals surface area contributed by atoms with Crippen LogP contribution in [0.3, 0.4) is 0 Å². The van der Waals surface area contributed by atoms with Gasteiger partial charge in [-0.25, -0.2) is 0 Å². The standard InChI is InChI=1S/C25H30N2O2/c1-24(2,3)19-14-18(15-20(16-19)25(4,5)6)23-27-26-22(29-23)13-12-17-10-8-9-11-21(17)28-7/h8-16H,1-7H3/b13-12+. The lowest BCUT2D eigenvalue weighted by Gasteiger charge is -2.25. The first-order valence-electron chi connectivity index (χ1n) is 9.89. The molecule has 0 aliphatic rings. The maximum Gasteiger partial charge on any atom is 0.248 e. The fourth-order valence-corrected chi connectivity index (χ4v) is 3.00. The number of ether oxygens (including phenoxy) is 1. The molecule has 152 valence electrons. The number of nitrogens with zero attached hydrogens (tertiary/aromatic N) is 2. The molecular weight excluding hydrogens is 360 g/mol. The highest BCUT2D eigenvalue weighted by Gasteiger charge is 2.22. The smallest absolute Gasteiger partial charge is 0.248 e. The second kappa shape index (κ2) is 7.86. The largest absolute Gasteiger partial charge is 0.496 e. The molecule has 2 aromatic carbocycles. The van der Waals surface area contributed by atoms with E-state index in [9.17, 15) is 0 Å². The Hall–Kier alpha value is -2.88. The molecule has 4 nitrogen and oxygen atoms in total. The molecule has 0 radical (unpaired) electrons. The normalized spacial score (nSPS) is 12.5. The fourth-order valence-electron chi connectivity index (χ4n) is 3.00. The second-order valence-corrected chi connectivity index (χ2v) is 9.32. The quantitative estimate of drug-likeness (QED) is 0.509. The highest BCUT2D eigenvalue weighted by atomic mass is 16.5. The van der Waals surface area contributed by atoms with Crippen molar-refractivity contribution in [2.24, 2.45) is 0 Å². The first-order valence-corrected chi connectivity index (χ1v) is 9.89. The van der Waals surface area contributed by atoms with Crippen molar-refractivity contribution in [3.05, 3.63) is 65.0 Å². The van der Waals surface area contributed by atoms with Gasteiger partial charge in [0, 0.05) is 17.2 Å². The number of para-hydroxylation sites is 1. The van der Waals surface area contributed by atoms with E-state index in [0.717, 1.165) is 16.9 Å². The molecule has 0 spiro atoms. The minimum Gasteiger partial charge on any atom is -0.496 e. The lowest BCUT2D eigenvalue weighted by molar-refractivity contribution is 0.414. The molecule has 0 unspecified atom stereocenters. The molecule has 1 heterocycles. The average molecular weight is 391 g/mol. The minimum atomic E-state index is 0.0304. The van der Waals surface area contributed by atoms with Crippen molar-refractivity contribution in [2.45, 2.75) is 52.4 Å². The van der Waals surface area contributed by atoms with Crippen LogP contribution in [0.25, 0.3) is 23.6 Å². The summed E-state index contributed by atoms with van der Waals surface area (Å²) in [5.41, 5.74) is 4.48. The van der Waals surface area contributed by atoms with Crippen molar-refractivity contribution in [3.8, 4) is 17.2 Å². The van der Waals surface area contributed by atoms with E-state index in [0.29, 0.717) is 11.8 Å². The van der Waals surface area contributed by atoms with Gasteiger partial charge in [-0.1, -0.05) is 65.8 Å². The molecule has 0 saturated heterocycles. The average Bonchev–Trinajstić information content (AvgIpc) is 3.14. The van der Waals surface area contributed by atoms with E-state index in [1.807, 2.05) is 36.4 Å². The molecular formula is C25H30N2O2. The Kier molecular flexibility index (Phi) is 5.65. The Morgan fingerprint density at radius 3 is 2.03 bits per heavy atom. The predicted octanol–water partition coefficient (Wildman–Crippen LogP) is 6.51. The molecule has 0 atom stereocenters. The first kappa shape index (κ1) is 20.8. The van der Waals surface area contributed by atoms with Crippen LogP contribution < -0.4 is 4.74 Å². The SMILES string of the molecule is COc1ccccc1/C=C/c1nnc(-c2cc(C(C)(C)C)cc(C(C)(C)C)c2)o1. The third kappa shape index (κ3) is 4.94. The van der Waals surface area contributed by atoms with Crippen LogP contribution in [0.1, 0.15) is 64.1 Å². The Balaban J connectivity index is 1.96. The first-order chi connectivity index (χ1) is 13.6. The predicted molar refractivity (Wildman–Crippen MR) is 119 cm³/mol. The number of methoxy groups -OCH3 is 1. The van der Waals surface area contributed by atoms with Crippen molar-refractivity contribution in [2.75, 3.05) is 7.11 Å². The van der Waals surface area contributed by atoms with Crippen molar-refractivity contribution in [1.29, 1.82) is 0 Å². The van der Waals surface area contributed by atoms with Crippen LogP contribution in [0.4, 0.5) is 0 Å². The lowest BCUT2D eigenvalue weighted by atomic mass is 9.79. The number of hydrogen-bond acceptors (Lipinski definition) is 4. The van der Waals surface area contributed by atoms with Gasteiger partial charge in [0.2, 0.25) is 11.8 Å². The number of aromatic nitrogens is 2. The van der Waals surface area contributed by atoms with Crippen molar-refractivity contribution in [3.63, 3.8) is 0 Å². The monoisotopic (exact) mass is 390 g/mol. The Labute approximate surface area is 173 Å². The van der Waals surface area contributed by atoms with E-state index in [1.54, 1.807) is 7.11 Å². The van der Waals surface area contributed by atoms with E-state index in [2.05, 4.69) is 69.9 Å². The van der Waals surface area contributed by atoms with E-state index >= 15 is 0 Å². The summed E-state index contributed by atoms with van der Waals surface area (Å²) >= 11 is 0. The third-order valence-electron chi connectivity index (χ3n) is 4.90. The number of hydrogen-bond donors (Lipinski definition) is 0. The second-order valence-electron chi connectivity index (χ2n) is 9.32. The van der Waals surface area contributed by atoms with Gasteiger partial charge >= 0.3 is 0 Å². The Morgan fingerprint density at radius 2 is 1.45 bits per heavy atom. The summed E-state index contributed by atoms with van der Waals surface area (Å²) in [4.78, 5) is 0. The molecule has 0 amide bonds. The van der Waals surface area contributed by atoms with Gasteiger partial charge in [0.1, 0.15) is 5.75 Å². The van der Waals surface area contributed by atoms with Crippen LogP contribution in [0, 0.1) is 0 Å². The zero-order chi connectivity index (χ0) is 21.2. The van der Waals surface area contributed by atoms with Crippen LogP contribution in [-0.4, -0.2) is 17.3 Å². The zero-order valence-corrected chi connectivity index (χ0v) is 18.4. The Bertz CT molecular complexity index is 986. The van der Waals surface area contributed by atoms with Gasteiger partial charge in [0.25, 0.3) is 0 Å². The van der Waals surface area contributed by atoms with Crippen LogP contribution in [0.15, 0.2) is 46.9 Å². The van der Waals surface area contributed by atoms with E-state index in [1.165, 1.54) is 11.1 Å². The highest BCUT2D eigenvalue weighted by Crippen LogP contribution is 2.33. The van der Waals surface area contributed by atoms with Crippen molar-refractivity contribution < 1.29 is 9.15 Å². The maximum absolute atomic E-state index is 5.95. The molecule has 0 bridgehead atoms. The minimum absolute atomic E-state index is 0.0304. The van der Waals surface area contributed by atoms with Crippen LogP contribution in [-0.2, 0) is 10.8 Å².